The predicted molar refractivity (Wildman–Crippen MR) is 105 cm³/mol. The van der Waals surface area contributed by atoms with E-state index >= 15 is 0 Å². The number of nitrogens with one attached hydrogen (secondary N) is 2. The second-order valence-electron chi connectivity index (χ2n) is 5.90. The van der Waals surface area contributed by atoms with Crippen molar-refractivity contribution in [1.82, 2.24) is 4.98 Å². The smallest absolute Gasteiger partial charge is 0.380 e. The summed E-state index contributed by atoms with van der Waals surface area (Å²) in [5.74, 6) is -0.506. The normalized spacial score (nSPS) is 11.1. The van der Waals surface area contributed by atoms with Crippen molar-refractivity contribution in [3.05, 3.63) is 88.2 Å². The molecule has 2 N–H and O–H groups in total. The second kappa shape index (κ2) is 8.43. The molecule has 0 aliphatic carbocycles. The van der Waals surface area contributed by atoms with Crippen molar-refractivity contribution in [2.45, 2.75) is 12.7 Å². The summed E-state index contributed by atoms with van der Waals surface area (Å²) < 4.78 is 39.1. The van der Waals surface area contributed by atoms with E-state index in [4.69, 9.17) is 0 Å². The minimum absolute atomic E-state index is 0.0597. The molecule has 0 atom stereocenters. The van der Waals surface area contributed by atoms with Crippen molar-refractivity contribution in [2.24, 2.45) is 0 Å². The maximum atomic E-state index is 13.1. The van der Waals surface area contributed by atoms with Crippen LogP contribution in [0, 0.1) is 0 Å². The van der Waals surface area contributed by atoms with Gasteiger partial charge in [-0.1, -0.05) is 28.1 Å². The lowest BCUT2D eigenvalue weighted by Crippen LogP contribution is -2.15. The molecule has 0 fully saturated rings. The van der Waals surface area contributed by atoms with Crippen LogP contribution in [0.15, 0.2) is 71.5 Å². The van der Waals surface area contributed by atoms with E-state index in [2.05, 4.69) is 31.5 Å². The van der Waals surface area contributed by atoms with Crippen LogP contribution < -0.4 is 10.6 Å². The van der Waals surface area contributed by atoms with Crippen molar-refractivity contribution in [3.8, 4) is 0 Å². The zero-order valence-corrected chi connectivity index (χ0v) is 16.0. The Morgan fingerprint density at radius 2 is 1.75 bits per heavy atom. The van der Waals surface area contributed by atoms with Gasteiger partial charge in [0.1, 0.15) is 0 Å². The molecular formula is C20H15BrF3N3O. The van der Waals surface area contributed by atoms with E-state index in [1.54, 1.807) is 36.7 Å². The van der Waals surface area contributed by atoms with Gasteiger partial charge in [-0.2, -0.15) is 13.2 Å². The van der Waals surface area contributed by atoms with Crippen molar-refractivity contribution >= 4 is 33.2 Å². The highest BCUT2D eigenvalue weighted by molar-refractivity contribution is 9.10. The van der Waals surface area contributed by atoms with E-state index in [-0.39, 0.29) is 10.2 Å². The summed E-state index contributed by atoms with van der Waals surface area (Å²) in [5, 5.41) is 5.69. The van der Waals surface area contributed by atoms with Gasteiger partial charge >= 0.3 is 6.18 Å². The molecule has 28 heavy (non-hydrogen) atoms. The summed E-state index contributed by atoms with van der Waals surface area (Å²) >= 11 is 2.88. The monoisotopic (exact) mass is 449 g/mol. The number of amides is 1. The lowest BCUT2D eigenvalue weighted by Gasteiger charge is -2.14. The molecule has 1 amide bonds. The molecule has 0 radical (unpaired) electrons. The van der Waals surface area contributed by atoms with Gasteiger partial charge in [-0.05, 0) is 48.0 Å². The number of hydrogen-bond donors (Lipinski definition) is 2. The zero-order valence-electron chi connectivity index (χ0n) is 14.4. The van der Waals surface area contributed by atoms with Crippen LogP contribution in [0.2, 0.25) is 0 Å². The fourth-order valence-corrected chi connectivity index (χ4v) is 3.02. The number of pyridine rings is 1. The van der Waals surface area contributed by atoms with Crippen molar-refractivity contribution in [3.63, 3.8) is 0 Å². The molecule has 3 aromatic rings. The van der Waals surface area contributed by atoms with Gasteiger partial charge in [-0.15, -0.1) is 0 Å². The molecule has 0 aliphatic rings. The highest BCUT2D eigenvalue weighted by Crippen LogP contribution is 2.36. The third-order valence-electron chi connectivity index (χ3n) is 3.93. The zero-order chi connectivity index (χ0) is 20.1. The summed E-state index contributed by atoms with van der Waals surface area (Å²) in [7, 11) is 0. The quantitative estimate of drug-likeness (QED) is 0.523. The number of halogens is 4. The Labute approximate surface area is 167 Å². The van der Waals surface area contributed by atoms with Gasteiger partial charge in [-0.3, -0.25) is 9.78 Å². The average molecular weight is 450 g/mol. The van der Waals surface area contributed by atoms with Crippen LogP contribution >= 0.6 is 15.9 Å². The van der Waals surface area contributed by atoms with Gasteiger partial charge < -0.3 is 10.6 Å². The third-order valence-corrected chi connectivity index (χ3v) is 4.63. The number of hydrogen-bond acceptors (Lipinski definition) is 3. The first-order chi connectivity index (χ1) is 13.3. The van der Waals surface area contributed by atoms with Crippen LogP contribution in [0.4, 0.5) is 24.5 Å². The molecule has 1 aromatic heterocycles. The van der Waals surface area contributed by atoms with Gasteiger partial charge in [-0.25, -0.2) is 0 Å². The standard InChI is InChI=1S/C20H15BrF3N3O/c21-17-6-5-14(11-16(17)20(22,23)24)27-19(28)15-3-1-2-4-18(15)26-12-13-7-9-25-10-8-13/h1-11,26H,12H2,(H,27,28). The number of carbonyl (C=O) groups excluding carboxylic acids is 1. The number of benzene rings is 2. The average Bonchev–Trinajstić information content (AvgIpc) is 2.68. The van der Waals surface area contributed by atoms with E-state index in [0.717, 1.165) is 11.6 Å². The van der Waals surface area contributed by atoms with Gasteiger partial charge in [0, 0.05) is 34.8 Å². The molecule has 3 rings (SSSR count). The molecule has 0 unspecified atom stereocenters. The van der Waals surface area contributed by atoms with E-state index in [0.29, 0.717) is 17.8 Å². The van der Waals surface area contributed by atoms with Crippen molar-refractivity contribution < 1.29 is 18.0 Å². The Bertz CT molecular complexity index is 978. The molecule has 1 heterocycles. The van der Waals surface area contributed by atoms with Crippen LogP contribution in [0.3, 0.4) is 0 Å². The molecule has 0 saturated heterocycles. The third kappa shape index (κ3) is 4.89. The number of para-hydroxylation sites is 1. The second-order valence-corrected chi connectivity index (χ2v) is 6.76. The summed E-state index contributed by atoms with van der Waals surface area (Å²) in [4.78, 5) is 16.6. The van der Waals surface area contributed by atoms with Crippen molar-refractivity contribution in [2.75, 3.05) is 10.6 Å². The minimum atomic E-state index is -4.52. The Kier molecular flexibility index (Phi) is 5.99. The maximum Gasteiger partial charge on any atom is 0.417 e. The Hall–Kier alpha value is -2.87. The number of aromatic nitrogens is 1. The molecule has 4 nitrogen and oxygen atoms in total. The molecule has 0 bridgehead atoms. The Balaban J connectivity index is 1.78. The summed E-state index contributed by atoms with van der Waals surface area (Å²) in [5.41, 5.74) is 1.09. The van der Waals surface area contributed by atoms with E-state index in [9.17, 15) is 18.0 Å². The van der Waals surface area contributed by atoms with Crippen LogP contribution in [-0.4, -0.2) is 10.9 Å². The van der Waals surface area contributed by atoms with E-state index in [1.807, 2.05) is 12.1 Å². The molecular weight excluding hydrogens is 435 g/mol. The highest BCUT2D eigenvalue weighted by atomic mass is 79.9. The molecule has 0 saturated carbocycles. The van der Waals surface area contributed by atoms with Gasteiger partial charge in [0.15, 0.2) is 0 Å². The van der Waals surface area contributed by atoms with Gasteiger partial charge in [0.2, 0.25) is 0 Å². The summed E-state index contributed by atoms with van der Waals surface area (Å²) in [6.45, 7) is 0.476. The molecule has 0 aliphatic heterocycles. The Morgan fingerprint density at radius 1 is 1.04 bits per heavy atom. The van der Waals surface area contributed by atoms with Crippen LogP contribution in [0.5, 0.6) is 0 Å². The minimum Gasteiger partial charge on any atom is -0.380 e. The maximum absolute atomic E-state index is 13.1. The SMILES string of the molecule is O=C(Nc1ccc(Br)c(C(F)(F)F)c1)c1ccccc1NCc1ccncc1. The number of nitrogens with zero attached hydrogens (tertiary/aromatic N) is 1. The lowest BCUT2D eigenvalue weighted by molar-refractivity contribution is -0.138. The van der Waals surface area contributed by atoms with Crippen LogP contribution in [0.25, 0.3) is 0 Å². The van der Waals surface area contributed by atoms with Crippen LogP contribution in [0.1, 0.15) is 21.5 Å². The predicted octanol–water partition coefficient (Wildman–Crippen LogP) is 5.73. The molecule has 8 heteroatoms. The van der Waals surface area contributed by atoms with Crippen LogP contribution in [-0.2, 0) is 12.7 Å². The number of rotatable bonds is 5. The van der Waals surface area contributed by atoms with E-state index in [1.165, 1.54) is 12.1 Å². The topological polar surface area (TPSA) is 54.0 Å². The Morgan fingerprint density at radius 3 is 2.46 bits per heavy atom. The molecule has 2 aromatic carbocycles. The first-order valence-corrected chi connectivity index (χ1v) is 9.04. The van der Waals surface area contributed by atoms with Gasteiger partial charge in [0.25, 0.3) is 5.91 Å². The first-order valence-electron chi connectivity index (χ1n) is 8.24. The first kappa shape index (κ1) is 19.9. The van der Waals surface area contributed by atoms with Crippen molar-refractivity contribution in [1.29, 1.82) is 0 Å². The number of anilines is 2. The molecule has 144 valence electrons. The summed E-state index contributed by atoms with van der Waals surface area (Å²) in [6.07, 6.45) is -1.19. The largest absolute Gasteiger partial charge is 0.417 e. The van der Waals surface area contributed by atoms with E-state index < -0.39 is 17.6 Å². The van der Waals surface area contributed by atoms with Gasteiger partial charge in [0.05, 0.1) is 11.1 Å². The highest BCUT2D eigenvalue weighted by Gasteiger charge is 2.33. The fourth-order valence-electron chi connectivity index (χ4n) is 2.55. The number of alkyl halides is 3. The number of carbonyl (C=O) groups is 1. The lowest BCUT2D eigenvalue weighted by atomic mass is 10.1. The fraction of sp³-hybridized carbons (Fsp3) is 0.100. The summed E-state index contributed by atoms with van der Waals surface area (Å²) in [6, 6.07) is 14.0. The molecule has 0 spiro atoms.